The molecule has 3 rings (SSSR count). The fraction of sp³-hybridized carbons (Fsp3) is 0.235. The second kappa shape index (κ2) is 9.17. The Balaban J connectivity index is 0.000000390. The van der Waals surface area contributed by atoms with Crippen molar-refractivity contribution < 1.29 is 56.5 Å². The molecule has 0 saturated carbocycles. The van der Waals surface area contributed by atoms with Crippen molar-refractivity contribution >= 4 is 41.9 Å². The van der Waals surface area contributed by atoms with E-state index >= 15 is 0 Å². The van der Waals surface area contributed by atoms with Crippen molar-refractivity contribution in [3.05, 3.63) is 54.7 Å². The number of alkyl halides is 6. The number of hydrogen-bond acceptors (Lipinski definition) is 6. The minimum absolute atomic E-state index is 0.0271. The third-order valence-electron chi connectivity index (χ3n) is 3.90. The molecule has 0 aliphatic heterocycles. The van der Waals surface area contributed by atoms with E-state index < -0.39 is 37.9 Å². The standard InChI is InChI=1S/C16H13F3NO3S.CHF3O3S/c17-16(18,19)24(21,22)23-10-9-20-11-12-5-1-2-6-13(12)14-7-3-4-8-15(14)20;2-1(3,4)8(5,6)7/h1-8,11H,9-10H2;(H,5,6,7)/q+1;/p-1. The Kier molecular flexibility index (Phi) is 7.38. The van der Waals surface area contributed by atoms with E-state index in [0.29, 0.717) is 0 Å². The normalized spacial score (nSPS) is 13.1. The first-order valence-electron chi connectivity index (χ1n) is 8.32. The summed E-state index contributed by atoms with van der Waals surface area (Å²) < 4.78 is 123. The van der Waals surface area contributed by atoms with Crippen LogP contribution in [0.2, 0.25) is 0 Å². The van der Waals surface area contributed by atoms with Gasteiger partial charge in [0.25, 0.3) is 0 Å². The molecule has 1 aromatic heterocycles. The molecule has 7 nitrogen and oxygen atoms in total. The summed E-state index contributed by atoms with van der Waals surface area (Å²) in [6.07, 6.45) is 1.77. The van der Waals surface area contributed by atoms with Crippen LogP contribution >= 0.6 is 0 Å². The third kappa shape index (κ3) is 6.05. The summed E-state index contributed by atoms with van der Waals surface area (Å²) >= 11 is 0. The highest BCUT2D eigenvalue weighted by Gasteiger charge is 2.47. The molecule has 0 N–H and O–H groups in total. The number of halogens is 6. The molecule has 0 bridgehead atoms. The molecule has 0 aliphatic rings. The lowest BCUT2D eigenvalue weighted by Crippen LogP contribution is -2.38. The van der Waals surface area contributed by atoms with Gasteiger partial charge in [-0.2, -0.15) is 39.3 Å². The summed E-state index contributed by atoms with van der Waals surface area (Å²) in [6, 6.07) is 15.0. The van der Waals surface area contributed by atoms with E-state index in [1.807, 2.05) is 42.5 Å². The number of hydrogen-bond donors (Lipinski definition) is 0. The maximum atomic E-state index is 12.3. The Morgan fingerprint density at radius 3 is 1.84 bits per heavy atom. The maximum absolute atomic E-state index is 12.3. The maximum Gasteiger partial charge on any atom is 0.523 e. The van der Waals surface area contributed by atoms with Crippen molar-refractivity contribution in [2.75, 3.05) is 6.61 Å². The molecular weight excluding hydrogens is 492 g/mol. The van der Waals surface area contributed by atoms with Gasteiger partial charge in [-0.25, -0.2) is 8.42 Å². The van der Waals surface area contributed by atoms with E-state index in [9.17, 15) is 34.8 Å². The number of nitrogens with zero attached hydrogens (tertiary/aromatic N) is 1. The van der Waals surface area contributed by atoms with Gasteiger partial charge < -0.3 is 4.55 Å². The number of rotatable bonds is 4. The SMILES string of the molecule is O=S(=O)(OCC[n+]1cc2ccccc2c2ccccc21)C(F)(F)F.O=S(=O)([O-])C(F)(F)F. The zero-order chi connectivity index (χ0) is 24.4. The number of aromatic nitrogens is 1. The third-order valence-corrected chi connectivity index (χ3v) is 5.51. The summed E-state index contributed by atoms with van der Waals surface area (Å²) in [5, 5.41) is 2.83. The average Bonchev–Trinajstić information content (AvgIpc) is 2.66. The van der Waals surface area contributed by atoms with Crippen LogP contribution in [0.5, 0.6) is 0 Å². The Morgan fingerprint density at radius 2 is 1.31 bits per heavy atom. The van der Waals surface area contributed by atoms with Crippen LogP contribution in [0.1, 0.15) is 0 Å². The molecule has 2 aromatic carbocycles. The molecule has 0 fully saturated rings. The molecule has 0 unspecified atom stereocenters. The minimum atomic E-state index is -6.09. The minimum Gasteiger partial charge on any atom is -0.741 e. The van der Waals surface area contributed by atoms with Gasteiger partial charge in [-0.05, 0) is 12.1 Å². The molecule has 0 atom stereocenters. The van der Waals surface area contributed by atoms with Crippen LogP contribution in [0.3, 0.4) is 0 Å². The van der Waals surface area contributed by atoms with Crippen LogP contribution < -0.4 is 4.57 Å². The zero-order valence-electron chi connectivity index (χ0n) is 15.6. The van der Waals surface area contributed by atoms with Gasteiger partial charge in [-0.15, -0.1) is 0 Å². The number of benzene rings is 2. The fourth-order valence-electron chi connectivity index (χ4n) is 2.54. The van der Waals surface area contributed by atoms with E-state index in [-0.39, 0.29) is 6.54 Å². The summed E-state index contributed by atoms with van der Waals surface area (Å²) in [4.78, 5) is 0. The van der Waals surface area contributed by atoms with Crippen molar-refractivity contribution in [2.24, 2.45) is 0 Å². The second-order valence-electron chi connectivity index (χ2n) is 6.05. The highest BCUT2D eigenvalue weighted by atomic mass is 32.2. The largest absolute Gasteiger partial charge is 0.741 e. The molecular formula is C17H13F6NO6S2. The monoisotopic (exact) mass is 505 g/mol. The predicted molar refractivity (Wildman–Crippen MR) is 98.3 cm³/mol. The van der Waals surface area contributed by atoms with E-state index in [4.69, 9.17) is 13.0 Å². The van der Waals surface area contributed by atoms with Crippen molar-refractivity contribution in [3.8, 4) is 0 Å². The van der Waals surface area contributed by atoms with E-state index in [0.717, 1.165) is 21.7 Å². The smallest absolute Gasteiger partial charge is 0.523 e. The van der Waals surface area contributed by atoms with Gasteiger partial charge in [0.1, 0.15) is 6.61 Å². The average molecular weight is 505 g/mol. The molecule has 0 radical (unpaired) electrons. The topological polar surface area (TPSA) is 104 Å². The lowest BCUT2D eigenvalue weighted by molar-refractivity contribution is -0.670. The van der Waals surface area contributed by atoms with Crippen LogP contribution in [-0.4, -0.2) is 39.0 Å². The van der Waals surface area contributed by atoms with Crippen molar-refractivity contribution in [2.45, 2.75) is 17.6 Å². The van der Waals surface area contributed by atoms with Crippen molar-refractivity contribution in [3.63, 3.8) is 0 Å². The van der Waals surface area contributed by atoms with Gasteiger partial charge in [-0.1, -0.05) is 30.3 Å². The van der Waals surface area contributed by atoms with Crippen molar-refractivity contribution in [1.82, 2.24) is 0 Å². The van der Waals surface area contributed by atoms with Gasteiger partial charge in [-0.3, -0.25) is 4.18 Å². The van der Waals surface area contributed by atoms with E-state index in [2.05, 4.69) is 4.18 Å². The fourth-order valence-corrected chi connectivity index (χ4v) is 2.97. The molecule has 0 saturated heterocycles. The van der Waals surface area contributed by atoms with Crippen LogP contribution in [-0.2, 0) is 31.0 Å². The highest BCUT2D eigenvalue weighted by molar-refractivity contribution is 7.87. The summed E-state index contributed by atoms with van der Waals surface area (Å²) in [7, 11) is -11.7. The lowest BCUT2D eigenvalue weighted by atomic mass is 10.1. The summed E-state index contributed by atoms with van der Waals surface area (Å²) in [5.74, 6) is 0. The molecule has 15 heteroatoms. The lowest BCUT2D eigenvalue weighted by Gasteiger charge is -2.08. The van der Waals surface area contributed by atoms with Crippen LogP contribution in [0.25, 0.3) is 21.7 Å². The number of pyridine rings is 1. The first-order valence-corrected chi connectivity index (χ1v) is 11.1. The van der Waals surface area contributed by atoms with Gasteiger partial charge in [0.05, 0.1) is 5.39 Å². The molecule has 32 heavy (non-hydrogen) atoms. The quantitative estimate of drug-likeness (QED) is 0.135. The van der Waals surface area contributed by atoms with Crippen LogP contribution in [0.15, 0.2) is 54.7 Å². The Labute approximate surface area is 177 Å². The number of para-hydroxylation sites is 1. The first-order chi connectivity index (χ1) is 14.5. The van der Waals surface area contributed by atoms with E-state index in [1.54, 1.807) is 16.8 Å². The molecule has 0 amide bonds. The highest BCUT2D eigenvalue weighted by Crippen LogP contribution is 2.25. The second-order valence-corrected chi connectivity index (χ2v) is 9.03. The Bertz CT molecular complexity index is 1320. The molecule has 176 valence electrons. The van der Waals surface area contributed by atoms with Gasteiger partial charge >= 0.3 is 21.1 Å². The first kappa shape index (κ1) is 25.8. The van der Waals surface area contributed by atoms with Gasteiger partial charge in [0, 0.05) is 16.8 Å². The molecule has 1 heterocycles. The predicted octanol–water partition coefficient (Wildman–Crippen LogP) is 3.20. The van der Waals surface area contributed by atoms with E-state index in [1.165, 1.54) is 0 Å². The molecule has 0 spiro atoms. The number of fused-ring (bicyclic) bond motifs is 3. The van der Waals surface area contributed by atoms with Crippen LogP contribution in [0, 0.1) is 0 Å². The summed E-state index contributed by atoms with van der Waals surface area (Å²) in [5.41, 5.74) is -10.3. The Morgan fingerprint density at radius 1 is 0.812 bits per heavy atom. The van der Waals surface area contributed by atoms with Crippen molar-refractivity contribution in [1.29, 1.82) is 0 Å². The Hall–Kier alpha value is -2.49. The van der Waals surface area contributed by atoms with Gasteiger partial charge in [0.2, 0.25) is 5.52 Å². The van der Waals surface area contributed by atoms with Crippen LogP contribution in [0.4, 0.5) is 26.3 Å². The molecule has 0 aliphatic carbocycles. The zero-order valence-corrected chi connectivity index (χ0v) is 17.2. The molecule has 3 aromatic rings. The van der Waals surface area contributed by atoms with Gasteiger partial charge in [0.15, 0.2) is 22.9 Å². The summed E-state index contributed by atoms with van der Waals surface area (Å²) in [6.45, 7) is -0.629.